The maximum atomic E-state index is 9.20. The number of rotatable bonds is 0. The first-order valence-corrected chi connectivity index (χ1v) is 3.13. The van der Waals surface area contributed by atoms with Gasteiger partial charge in [-0.15, -0.1) is 0 Å². The van der Waals surface area contributed by atoms with Gasteiger partial charge < -0.3 is 14.6 Å². The molecule has 1 fully saturated rings. The molecule has 0 spiro atoms. The van der Waals surface area contributed by atoms with E-state index in [0.29, 0.717) is 6.79 Å². The third-order valence-electron chi connectivity index (χ3n) is 1.62. The summed E-state index contributed by atoms with van der Waals surface area (Å²) in [6.07, 6.45) is -0.652. The topological polar surface area (TPSA) is 38.7 Å². The first kappa shape index (κ1) is 6.99. The van der Waals surface area contributed by atoms with E-state index in [0.717, 1.165) is 0 Å². The lowest BCUT2D eigenvalue weighted by molar-refractivity contribution is -0.219. The van der Waals surface area contributed by atoms with Crippen molar-refractivity contribution < 1.29 is 14.6 Å². The van der Waals surface area contributed by atoms with Crippen LogP contribution in [0, 0.1) is 0 Å². The Bertz CT molecular complexity index is 84.3. The molecule has 0 radical (unpaired) electrons. The van der Waals surface area contributed by atoms with Gasteiger partial charge in [0, 0.05) is 0 Å². The molecular formula is C6H12O3. The molecule has 0 aromatic heterocycles. The predicted octanol–water partition coefficient (Wildman–Crippen LogP) is 0.129. The Morgan fingerprint density at radius 2 is 1.67 bits per heavy atom. The quantitative estimate of drug-likeness (QED) is 0.509. The second-order valence-corrected chi connectivity index (χ2v) is 2.35. The van der Waals surface area contributed by atoms with Crippen molar-refractivity contribution >= 4 is 0 Å². The first-order chi connectivity index (χ1) is 4.22. The molecule has 2 unspecified atom stereocenters. The predicted molar refractivity (Wildman–Crippen MR) is 32.0 cm³/mol. The summed E-state index contributed by atoms with van der Waals surface area (Å²) >= 11 is 0. The van der Waals surface area contributed by atoms with Gasteiger partial charge in [-0.1, -0.05) is 0 Å². The van der Waals surface area contributed by atoms with Gasteiger partial charge in [0.25, 0.3) is 0 Å². The molecule has 0 saturated carbocycles. The summed E-state index contributed by atoms with van der Waals surface area (Å²) in [7, 11) is 0. The molecule has 54 valence electrons. The van der Waals surface area contributed by atoms with Crippen molar-refractivity contribution in [1.82, 2.24) is 0 Å². The van der Waals surface area contributed by atoms with Gasteiger partial charge in [-0.25, -0.2) is 0 Å². The molecular weight excluding hydrogens is 120 g/mol. The molecule has 3 nitrogen and oxygen atoms in total. The minimum atomic E-state index is -0.473. The molecule has 0 bridgehead atoms. The van der Waals surface area contributed by atoms with E-state index in [-0.39, 0.29) is 12.2 Å². The van der Waals surface area contributed by atoms with Crippen molar-refractivity contribution in [2.75, 3.05) is 6.79 Å². The maximum Gasteiger partial charge on any atom is 0.147 e. The van der Waals surface area contributed by atoms with Crippen molar-refractivity contribution in [2.24, 2.45) is 0 Å². The highest BCUT2D eigenvalue weighted by molar-refractivity contribution is 4.72. The van der Waals surface area contributed by atoms with Crippen LogP contribution >= 0.6 is 0 Å². The average molecular weight is 132 g/mol. The third-order valence-corrected chi connectivity index (χ3v) is 1.62. The van der Waals surface area contributed by atoms with Gasteiger partial charge in [0.05, 0.1) is 12.2 Å². The van der Waals surface area contributed by atoms with Crippen LogP contribution in [0.5, 0.6) is 0 Å². The molecule has 1 heterocycles. The highest BCUT2D eigenvalue weighted by Crippen LogP contribution is 2.12. The summed E-state index contributed by atoms with van der Waals surface area (Å²) in [6.45, 7) is 3.98. The summed E-state index contributed by atoms with van der Waals surface area (Å²) in [5.74, 6) is 0. The normalized spacial score (nSPS) is 45.0. The lowest BCUT2D eigenvalue weighted by Crippen LogP contribution is -2.42. The van der Waals surface area contributed by atoms with Crippen LogP contribution in [-0.4, -0.2) is 30.2 Å². The first-order valence-electron chi connectivity index (χ1n) is 3.13. The molecule has 1 aliphatic heterocycles. The second-order valence-electron chi connectivity index (χ2n) is 2.35. The number of hydrogen-bond donors (Lipinski definition) is 1. The molecule has 0 aromatic rings. The summed E-state index contributed by atoms with van der Waals surface area (Å²) < 4.78 is 9.98. The van der Waals surface area contributed by atoms with E-state index >= 15 is 0 Å². The molecule has 3 heteroatoms. The van der Waals surface area contributed by atoms with E-state index in [9.17, 15) is 5.11 Å². The monoisotopic (exact) mass is 132 g/mol. The summed E-state index contributed by atoms with van der Waals surface area (Å²) in [5, 5.41) is 9.20. The molecule has 0 amide bonds. The van der Waals surface area contributed by atoms with Crippen molar-refractivity contribution in [1.29, 1.82) is 0 Å². The Morgan fingerprint density at radius 1 is 1.22 bits per heavy atom. The highest BCUT2D eigenvalue weighted by atomic mass is 16.7. The number of hydrogen-bond acceptors (Lipinski definition) is 3. The van der Waals surface area contributed by atoms with Crippen LogP contribution in [-0.2, 0) is 9.47 Å². The van der Waals surface area contributed by atoms with Crippen LogP contribution in [0.4, 0.5) is 0 Å². The Morgan fingerprint density at radius 3 is 2.00 bits per heavy atom. The number of ether oxygens (including phenoxy) is 2. The third kappa shape index (κ3) is 1.41. The van der Waals surface area contributed by atoms with Crippen molar-refractivity contribution in [3.05, 3.63) is 0 Å². The van der Waals surface area contributed by atoms with E-state index in [4.69, 9.17) is 9.47 Å². The summed E-state index contributed by atoms with van der Waals surface area (Å²) in [4.78, 5) is 0. The summed E-state index contributed by atoms with van der Waals surface area (Å²) in [5.41, 5.74) is 0. The van der Waals surface area contributed by atoms with E-state index in [1.54, 1.807) is 0 Å². The second kappa shape index (κ2) is 2.64. The number of aliphatic hydroxyl groups is 1. The Balaban J connectivity index is 2.41. The fraction of sp³-hybridized carbons (Fsp3) is 1.00. The van der Waals surface area contributed by atoms with Crippen molar-refractivity contribution in [2.45, 2.75) is 32.2 Å². The Kier molecular flexibility index (Phi) is 2.05. The van der Waals surface area contributed by atoms with Crippen LogP contribution in [0.3, 0.4) is 0 Å². The Labute approximate surface area is 54.6 Å². The van der Waals surface area contributed by atoms with E-state index in [1.807, 2.05) is 13.8 Å². The Hall–Kier alpha value is -0.120. The fourth-order valence-corrected chi connectivity index (χ4v) is 0.833. The van der Waals surface area contributed by atoms with Crippen LogP contribution in [0.2, 0.25) is 0 Å². The standard InChI is InChI=1S/C6H12O3/c1-4-6(7)5(2)9-3-8-4/h4-7H,3H2,1-2H3. The molecule has 1 saturated heterocycles. The zero-order valence-corrected chi connectivity index (χ0v) is 5.70. The SMILES string of the molecule is CC1OCOC(C)C1O. The van der Waals surface area contributed by atoms with Gasteiger partial charge in [-0.2, -0.15) is 0 Å². The minimum Gasteiger partial charge on any atom is -0.388 e. The van der Waals surface area contributed by atoms with E-state index in [2.05, 4.69) is 0 Å². The largest absolute Gasteiger partial charge is 0.388 e. The molecule has 2 atom stereocenters. The van der Waals surface area contributed by atoms with Gasteiger partial charge in [0.15, 0.2) is 0 Å². The molecule has 0 aliphatic carbocycles. The zero-order valence-electron chi connectivity index (χ0n) is 5.70. The molecule has 1 rings (SSSR count). The molecule has 0 aromatic carbocycles. The molecule has 1 aliphatic rings. The van der Waals surface area contributed by atoms with Crippen molar-refractivity contribution in [3.8, 4) is 0 Å². The average Bonchev–Trinajstić information content (AvgIpc) is 1.83. The van der Waals surface area contributed by atoms with Gasteiger partial charge in [-0.3, -0.25) is 0 Å². The van der Waals surface area contributed by atoms with E-state index < -0.39 is 6.10 Å². The maximum absolute atomic E-state index is 9.20. The van der Waals surface area contributed by atoms with Gasteiger partial charge in [0.2, 0.25) is 0 Å². The zero-order chi connectivity index (χ0) is 6.85. The van der Waals surface area contributed by atoms with Crippen LogP contribution in [0.1, 0.15) is 13.8 Å². The number of aliphatic hydroxyl groups excluding tert-OH is 1. The lowest BCUT2D eigenvalue weighted by atomic mass is 10.1. The van der Waals surface area contributed by atoms with Gasteiger partial charge >= 0.3 is 0 Å². The van der Waals surface area contributed by atoms with Gasteiger partial charge in [-0.05, 0) is 13.8 Å². The summed E-state index contributed by atoms with van der Waals surface area (Å²) in [6, 6.07) is 0. The minimum absolute atomic E-state index is 0.0891. The lowest BCUT2D eigenvalue weighted by Gasteiger charge is -2.30. The molecule has 9 heavy (non-hydrogen) atoms. The van der Waals surface area contributed by atoms with Crippen LogP contribution in [0.25, 0.3) is 0 Å². The van der Waals surface area contributed by atoms with Crippen molar-refractivity contribution in [3.63, 3.8) is 0 Å². The van der Waals surface area contributed by atoms with E-state index in [1.165, 1.54) is 0 Å². The highest BCUT2D eigenvalue weighted by Gasteiger charge is 2.26. The fourth-order valence-electron chi connectivity index (χ4n) is 0.833. The van der Waals surface area contributed by atoms with Crippen LogP contribution in [0.15, 0.2) is 0 Å². The van der Waals surface area contributed by atoms with Gasteiger partial charge in [0.1, 0.15) is 12.9 Å². The molecule has 1 N–H and O–H groups in total. The van der Waals surface area contributed by atoms with Crippen LogP contribution < -0.4 is 0 Å². The smallest absolute Gasteiger partial charge is 0.147 e.